The molecule has 1 heterocycles. The number of hydrogen-bond donors (Lipinski definition) is 1. The van der Waals surface area contributed by atoms with Gasteiger partial charge in [-0.05, 0) is 20.8 Å². The van der Waals surface area contributed by atoms with Crippen LogP contribution in [-0.2, 0) is 24.2 Å². The number of carbonyl (C=O) groups is 2. The van der Waals surface area contributed by atoms with Crippen molar-refractivity contribution >= 4 is 21.7 Å². The summed E-state index contributed by atoms with van der Waals surface area (Å²) in [6.07, 6.45) is 0. The number of ether oxygens (including phenoxy) is 1. The summed E-state index contributed by atoms with van der Waals surface area (Å²) in [5.74, 6) is -2.56. The summed E-state index contributed by atoms with van der Waals surface area (Å²) in [5.41, 5.74) is 0. The van der Waals surface area contributed by atoms with Crippen LogP contribution >= 0.6 is 0 Å². The average Bonchev–Trinajstić information content (AvgIpc) is 2.26. The molecule has 0 spiro atoms. The number of sulfone groups is 1. The van der Waals surface area contributed by atoms with Gasteiger partial charge in [0, 0.05) is 6.54 Å². The Balaban J connectivity index is 2.85. The maximum atomic E-state index is 12.0. The van der Waals surface area contributed by atoms with Gasteiger partial charge in [-0.15, -0.1) is 0 Å². The smallest absolute Gasteiger partial charge is 0.328 e. The van der Waals surface area contributed by atoms with Crippen molar-refractivity contribution < 1.29 is 27.9 Å². The van der Waals surface area contributed by atoms with Gasteiger partial charge in [0.2, 0.25) is 5.91 Å². The molecule has 1 rings (SSSR count). The van der Waals surface area contributed by atoms with Gasteiger partial charge in [-0.25, -0.2) is 13.2 Å². The van der Waals surface area contributed by atoms with Crippen LogP contribution in [-0.4, -0.2) is 66.6 Å². The molecule has 0 aromatic carbocycles. The van der Waals surface area contributed by atoms with Crippen LogP contribution in [0.3, 0.4) is 0 Å². The molecular formula is C11H19NO6S. The molecule has 0 aliphatic carbocycles. The predicted octanol–water partition coefficient (Wildman–Crippen LogP) is -0.488. The van der Waals surface area contributed by atoms with E-state index in [-0.39, 0.29) is 19.8 Å². The molecule has 0 aromatic heterocycles. The molecule has 1 atom stereocenters. The third-order valence-electron chi connectivity index (χ3n) is 2.98. The van der Waals surface area contributed by atoms with Gasteiger partial charge in [0.1, 0.15) is 5.75 Å². The minimum absolute atomic E-state index is 0.0927. The van der Waals surface area contributed by atoms with E-state index in [1.807, 2.05) is 0 Å². The zero-order valence-corrected chi connectivity index (χ0v) is 12.1. The molecular weight excluding hydrogens is 274 g/mol. The molecule has 1 saturated heterocycles. The van der Waals surface area contributed by atoms with Crippen molar-refractivity contribution in [2.45, 2.75) is 31.6 Å². The van der Waals surface area contributed by atoms with Crippen LogP contribution in [0.25, 0.3) is 0 Å². The lowest BCUT2D eigenvalue weighted by Crippen LogP contribution is -2.54. The minimum atomic E-state index is -3.62. The van der Waals surface area contributed by atoms with Crippen molar-refractivity contribution in [2.75, 3.05) is 25.5 Å². The standard InChI is InChI=1S/C11H19NO6S/c1-11(2,3)19(16,17)7-9(13)12-4-5-18-6-8(12)10(14)15/h8H,4-7H2,1-3H3,(H,14,15). The Bertz CT molecular complexity index is 464. The summed E-state index contributed by atoms with van der Waals surface area (Å²) in [7, 11) is -3.62. The van der Waals surface area contributed by atoms with E-state index in [9.17, 15) is 18.0 Å². The maximum absolute atomic E-state index is 12.0. The molecule has 8 heteroatoms. The second kappa shape index (κ2) is 5.46. The summed E-state index contributed by atoms with van der Waals surface area (Å²) >= 11 is 0. The fourth-order valence-electron chi connectivity index (χ4n) is 1.57. The lowest BCUT2D eigenvalue weighted by Gasteiger charge is -2.33. The lowest BCUT2D eigenvalue weighted by molar-refractivity contribution is -0.157. The Morgan fingerprint density at radius 2 is 1.95 bits per heavy atom. The van der Waals surface area contributed by atoms with Crippen molar-refractivity contribution in [3.8, 4) is 0 Å². The molecule has 0 saturated carbocycles. The molecule has 0 radical (unpaired) electrons. The van der Waals surface area contributed by atoms with Crippen molar-refractivity contribution in [3.63, 3.8) is 0 Å². The molecule has 1 aliphatic heterocycles. The van der Waals surface area contributed by atoms with E-state index in [0.717, 1.165) is 4.90 Å². The molecule has 7 nitrogen and oxygen atoms in total. The summed E-state index contributed by atoms with van der Waals surface area (Å²) < 4.78 is 27.9. The zero-order chi connectivity index (χ0) is 14.8. The SMILES string of the molecule is CC(C)(C)S(=O)(=O)CC(=O)N1CCOCC1C(=O)O. The first kappa shape index (κ1) is 15.9. The number of carboxylic acids is 1. The molecule has 1 aliphatic rings. The number of aliphatic carboxylic acids is 1. The summed E-state index contributed by atoms with van der Waals surface area (Å²) in [6.45, 7) is 4.70. The number of hydrogen-bond acceptors (Lipinski definition) is 5. The van der Waals surface area contributed by atoms with Gasteiger partial charge in [-0.3, -0.25) is 4.79 Å². The number of rotatable bonds is 3. The van der Waals surface area contributed by atoms with E-state index >= 15 is 0 Å². The number of nitrogens with zero attached hydrogens (tertiary/aromatic N) is 1. The van der Waals surface area contributed by atoms with Crippen LogP contribution in [0.2, 0.25) is 0 Å². The van der Waals surface area contributed by atoms with Gasteiger partial charge in [-0.1, -0.05) is 0 Å². The Hall–Kier alpha value is -1.15. The van der Waals surface area contributed by atoms with Crippen LogP contribution in [0.15, 0.2) is 0 Å². The van der Waals surface area contributed by atoms with Gasteiger partial charge >= 0.3 is 5.97 Å². The third-order valence-corrected chi connectivity index (χ3v) is 5.47. The van der Waals surface area contributed by atoms with Gasteiger partial charge in [0.25, 0.3) is 0 Å². The van der Waals surface area contributed by atoms with Crippen molar-refractivity contribution in [1.82, 2.24) is 4.90 Å². The fourth-order valence-corrected chi connectivity index (χ4v) is 2.49. The predicted molar refractivity (Wildman–Crippen MR) is 67.5 cm³/mol. The lowest BCUT2D eigenvalue weighted by atomic mass is 10.2. The van der Waals surface area contributed by atoms with E-state index < -0.39 is 38.3 Å². The minimum Gasteiger partial charge on any atom is -0.480 e. The normalized spacial score (nSPS) is 21.2. The van der Waals surface area contributed by atoms with Crippen LogP contribution in [0, 0.1) is 0 Å². The number of morpholine rings is 1. The molecule has 19 heavy (non-hydrogen) atoms. The van der Waals surface area contributed by atoms with E-state index in [4.69, 9.17) is 9.84 Å². The van der Waals surface area contributed by atoms with Gasteiger partial charge in [-0.2, -0.15) is 0 Å². The Morgan fingerprint density at radius 1 is 1.37 bits per heavy atom. The Labute approximate surface area is 112 Å². The molecule has 1 N–H and O–H groups in total. The molecule has 1 unspecified atom stereocenters. The quantitative estimate of drug-likeness (QED) is 0.753. The van der Waals surface area contributed by atoms with Crippen molar-refractivity contribution in [2.24, 2.45) is 0 Å². The number of carboxylic acid groups (broad SMARTS) is 1. The number of carbonyl (C=O) groups excluding carboxylic acids is 1. The topological polar surface area (TPSA) is 101 Å². The summed E-state index contributed by atoms with van der Waals surface area (Å²) in [4.78, 5) is 24.1. The monoisotopic (exact) mass is 293 g/mol. The highest BCUT2D eigenvalue weighted by molar-refractivity contribution is 7.93. The van der Waals surface area contributed by atoms with Crippen molar-refractivity contribution in [3.05, 3.63) is 0 Å². The highest BCUT2D eigenvalue weighted by atomic mass is 32.2. The summed E-state index contributed by atoms with van der Waals surface area (Å²) in [5, 5.41) is 8.99. The van der Waals surface area contributed by atoms with Gasteiger partial charge in [0.05, 0.1) is 18.0 Å². The highest BCUT2D eigenvalue weighted by Gasteiger charge is 2.37. The largest absolute Gasteiger partial charge is 0.480 e. The van der Waals surface area contributed by atoms with Crippen molar-refractivity contribution in [1.29, 1.82) is 0 Å². The van der Waals surface area contributed by atoms with Crippen LogP contribution in [0.5, 0.6) is 0 Å². The first-order valence-corrected chi connectivity index (χ1v) is 7.54. The average molecular weight is 293 g/mol. The Morgan fingerprint density at radius 3 is 2.42 bits per heavy atom. The molecule has 110 valence electrons. The third kappa shape index (κ3) is 3.66. The van der Waals surface area contributed by atoms with Crippen LogP contribution in [0.4, 0.5) is 0 Å². The summed E-state index contributed by atoms with van der Waals surface area (Å²) in [6, 6.07) is -1.11. The first-order valence-electron chi connectivity index (χ1n) is 5.88. The van der Waals surface area contributed by atoms with Crippen LogP contribution in [0.1, 0.15) is 20.8 Å². The second-order valence-corrected chi connectivity index (χ2v) is 8.13. The first-order chi connectivity index (χ1) is 8.56. The molecule has 0 aromatic rings. The molecule has 1 amide bonds. The van der Waals surface area contributed by atoms with Gasteiger partial charge in [0.15, 0.2) is 15.9 Å². The molecule has 1 fully saturated rings. The second-order valence-electron chi connectivity index (χ2n) is 5.39. The van der Waals surface area contributed by atoms with E-state index in [2.05, 4.69) is 0 Å². The maximum Gasteiger partial charge on any atom is 0.328 e. The van der Waals surface area contributed by atoms with E-state index in [0.29, 0.717) is 0 Å². The Kier molecular flexibility index (Phi) is 4.57. The van der Waals surface area contributed by atoms with Gasteiger partial charge < -0.3 is 14.7 Å². The zero-order valence-electron chi connectivity index (χ0n) is 11.2. The van der Waals surface area contributed by atoms with Crippen LogP contribution < -0.4 is 0 Å². The highest BCUT2D eigenvalue weighted by Crippen LogP contribution is 2.17. The molecule has 0 bridgehead atoms. The van der Waals surface area contributed by atoms with E-state index in [1.165, 1.54) is 20.8 Å². The van der Waals surface area contributed by atoms with E-state index in [1.54, 1.807) is 0 Å². The number of amides is 1. The fraction of sp³-hybridized carbons (Fsp3) is 0.818.